The normalized spacial score (nSPS) is 12.1. The number of halogens is 1. The van der Waals surface area contributed by atoms with E-state index in [1.807, 2.05) is 26.0 Å². The van der Waals surface area contributed by atoms with Gasteiger partial charge in [-0.15, -0.1) is 0 Å². The Balaban J connectivity index is 2.19. The maximum atomic E-state index is 13.3. The average Bonchev–Trinajstić information content (AvgIpc) is 2.84. The highest BCUT2D eigenvalue weighted by Gasteiger charge is 2.26. The molecule has 0 unspecified atom stereocenters. The largest absolute Gasteiger partial charge is 0.497 e. The molecule has 0 aliphatic carbocycles. The van der Waals surface area contributed by atoms with Gasteiger partial charge in [-0.25, -0.2) is 8.42 Å². The molecule has 0 saturated heterocycles. The fourth-order valence-corrected chi connectivity index (χ4v) is 4.92. The minimum atomic E-state index is -3.60. The fourth-order valence-electron chi connectivity index (χ4n) is 3.74. The lowest BCUT2D eigenvalue weighted by molar-refractivity contribution is -0.140. The fraction of sp³-hybridized carbons (Fsp3) is 0.462. The molecular formula is C26H36ClN3O5S. The Labute approximate surface area is 219 Å². The van der Waals surface area contributed by atoms with Gasteiger partial charge in [0.15, 0.2) is 0 Å². The van der Waals surface area contributed by atoms with Crippen LogP contribution >= 0.6 is 11.6 Å². The first kappa shape index (κ1) is 29.5. The summed E-state index contributed by atoms with van der Waals surface area (Å²) in [6.45, 7) is 6.34. The lowest BCUT2D eigenvalue weighted by atomic mass is 10.1. The summed E-state index contributed by atoms with van der Waals surface area (Å²) >= 11 is 6.11. The molecule has 2 rings (SSSR count). The summed E-state index contributed by atoms with van der Waals surface area (Å²) < 4.78 is 31.5. The minimum absolute atomic E-state index is 0.0766. The first-order chi connectivity index (χ1) is 17.0. The van der Waals surface area contributed by atoms with E-state index in [0.717, 1.165) is 23.8 Å². The van der Waals surface area contributed by atoms with Crippen LogP contribution in [0.15, 0.2) is 42.5 Å². The Bertz CT molecular complexity index is 1140. The molecule has 0 saturated carbocycles. The van der Waals surface area contributed by atoms with Crippen LogP contribution in [0.25, 0.3) is 0 Å². The van der Waals surface area contributed by atoms with Crippen LogP contribution in [0.4, 0.5) is 5.69 Å². The number of amides is 2. The molecule has 0 aromatic heterocycles. The summed E-state index contributed by atoms with van der Waals surface area (Å²) in [6.07, 6.45) is 2.27. The van der Waals surface area contributed by atoms with Crippen LogP contribution in [0, 0.1) is 6.92 Å². The van der Waals surface area contributed by atoms with Gasteiger partial charge in [-0.05, 0) is 62.1 Å². The number of methoxy groups -OCH3 is 1. The van der Waals surface area contributed by atoms with E-state index in [2.05, 4.69) is 5.32 Å². The summed E-state index contributed by atoms with van der Waals surface area (Å²) in [6, 6.07) is 11.7. The van der Waals surface area contributed by atoms with Crippen LogP contribution < -0.4 is 14.4 Å². The van der Waals surface area contributed by atoms with Crippen molar-refractivity contribution in [2.75, 3.05) is 30.8 Å². The molecule has 1 atom stereocenters. The number of anilines is 1. The van der Waals surface area contributed by atoms with Gasteiger partial charge in [0.2, 0.25) is 21.8 Å². The zero-order chi connectivity index (χ0) is 26.9. The molecule has 0 aliphatic rings. The van der Waals surface area contributed by atoms with Crippen molar-refractivity contribution in [1.29, 1.82) is 0 Å². The number of sulfonamides is 1. The summed E-state index contributed by atoms with van der Waals surface area (Å²) in [5.74, 6) is 0.231. The molecule has 0 bridgehead atoms. The molecule has 1 N–H and O–H groups in total. The third-order valence-corrected chi connectivity index (χ3v) is 7.24. The van der Waals surface area contributed by atoms with E-state index in [9.17, 15) is 18.0 Å². The van der Waals surface area contributed by atoms with Crippen molar-refractivity contribution < 1.29 is 22.7 Å². The molecule has 198 valence electrons. The first-order valence-corrected chi connectivity index (χ1v) is 14.1. The second-order valence-electron chi connectivity index (χ2n) is 8.71. The molecule has 0 spiro atoms. The number of benzene rings is 2. The number of rotatable bonds is 13. The molecule has 0 heterocycles. The standard InChI is InChI=1S/C26H36ClN3O5S/c1-6-15-28-26(32)20(3)29(18-21-10-13-23(35-4)14-11-21)25(31)8-7-16-30(36(5,33)34)24-17-22(27)12-9-19(24)2/h9-14,17,20H,6-8,15-16,18H2,1-5H3,(H,28,32)/t20-/m1/s1. The zero-order valence-electron chi connectivity index (χ0n) is 21.6. The number of carbonyl (C=O) groups excluding carboxylic acids is 2. The lowest BCUT2D eigenvalue weighted by Crippen LogP contribution is -2.47. The van der Waals surface area contributed by atoms with Crippen LogP contribution in [0.2, 0.25) is 5.02 Å². The zero-order valence-corrected chi connectivity index (χ0v) is 23.2. The number of carbonyl (C=O) groups is 2. The number of ether oxygens (including phenoxy) is 1. The maximum Gasteiger partial charge on any atom is 0.242 e. The molecule has 10 heteroatoms. The van der Waals surface area contributed by atoms with Gasteiger partial charge < -0.3 is 15.0 Å². The molecule has 2 amide bonds. The van der Waals surface area contributed by atoms with Crippen LogP contribution in [-0.4, -0.2) is 57.6 Å². The number of aryl methyl sites for hydroxylation is 1. The van der Waals surface area contributed by atoms with Gasteiger partial charge in [-0.1, -0.05) is 36.7 Å². The van der Waals surface area contributed by atoms with Crippen LogP contribution in [0.5, 0.6) is 5.75 Å². The molecule has 2 aromatic carbocycles. The molecule has 0 radical (unpaired) electrons. The number of nitrogens with one attached hydrogen (secondary N) is 1. The predicted molar refractivity (Wildman–Crippen MR) is 144 cm³/mol. The van der Waals surface area contributed by atoms with E-state index in [1.165, 1.54) is 9.21 Å². The Kier molecular flexibility index (Phi) is 11.0. The molecule has 36 heavy (non-hydrogen) atoms. The summed E-state index contributed by atoms with van der Waals surface area (Å²) in [5, 5.41) is 3.27. The second-order valence-corrected chi connectivity index (χ2v) is 11.0. The topological polar surface area (TPSA) is 96.0 Å². The highest BCUT2D eigenvalue weighted by molar-refractivity contribution is 7.92. The quantitative estimate of drug-likeness (QED) is 0.414. The van der Waals surface area contributed by atoms with Crippen LogP contribution in [0.3, 0.4) is 0 Å². The third kappa shape index (κ3) is 8.41. The summed E-state index contributed by atoms with van der Waals surface area (Å²) in [4.78, 5) is 27.5. The Hall–Kier alpha value is -2.78. The van der Waals surface area contributed by atoms with Crippen molar-refractivity contribution in [3.63, 3.8) is 0 Å². The molecule has 2 aromatic rings. The van der Waals surface area contributed by atoms with Crippen molar-refractivity contribution in [2.45, 2.75) is 52.6 Å². The van der Waals surface area contributed by atoms with Gasteiger partial charge in [0, 0.05) is 31.1 Å². The highest BCUT2D eigenvalue weighted by Crippen LogP contribution is 2.27. The van der Waals surface area contributed by atoms with Gasteiger partial charge in [0.1, 0.15) is 11.8 Å². The molecule has 0 fully saturated rings. The van der Waals surface area contributed by atoms with E-state index in [1.54, 1.807) is 44.4 Å². The lowest BCUT2D eigenvalue weighted by Gasteiger charge is -2.29. The average molecular weight is 538 g/mol. The van der Waals surface area contributed by atoms with Crippen LogP contribution in [0.1, 0.15) is 44.2 Å². The van der Waals surface area contributed by atoms with Crippen molar-refractivity contribution in [2.24, 2.45) is 0 Å². The molecule has 8 nitrogen and oxygen atoms in total. The van der Waals surface area contributed by atoms with Gasteiger partial charge >= 0.3 is 0 Å². The summed E-state index contributed by atoms with van der Waals surface area (Å²) in [5.41, 5.74) is 2.10. The monoisotopic (exact) mass is 537 g/mol. The van der Waals surface area contributed by atoms with Crippen molar-refractivity contribution in [1.82, 2.24) is 10.2 Å². The Morgan fingerprint density at radius 3 is 2.39 bits per heavy atom. The Morgan fingerprint density at radius 2 is 1.81 bits per heavy atom. The number of hydrogen-bond donors (Lipinski definition) is 1. The SMILES string of the molecule is CCCNC(=O)[C@@H](C)N(Cc1ccc(OC)cc1)C(=O)CCCN(c1cc(Cl)ccc1C)S(C)(=O)=O. The van der Waals surface area contributed by atoms with Gasteiger partial charge in [-0.3, -0.25) is 13.9 Å². The number of nitrogens with zero attached hydrogens (tertiary/aromatic N) is 2. The van der Waals surface area contributed by atoms with E-state index in [0.29, 0.717) is 23.0 Å². The van der Waals surface area contributed by atoms with Crippen molar-refractivity contribution >= 4 is 39.1 Å². The Morgan fingerprint density at radius 1 is 1.14 bits per heavy atom. The number of hydrogen-bond acceptors (Lipinski definition) is 5. The van der Waals surface area contributed by atoms with Crippen molar-refractivity contribution in [3.05, 3.63) is 58.6 Å². The first-order valence-electron chi connectivity index (χ1n) is 11.9. The van der Waals surface area contributed by atoms with Crippen molar-refractivity contribution in [3.8, 4) is 5.75 Å². The van der Waals surface area contributed by atoms with E-state index in [4.69, 9.17) is 16.3 Å². The van der Waals surface area contributed by atoms with Gasteiger partial charge in [0.05, 0.1) is 19.1 Å². The highest BCUT2D eigenvalue weighted by atomic mass is 35.5. The smallest absolute Gasteiger partial charge is 0.242 e. The van der Waals surface area contributed by atoms with E-state index < -0.39 is 16.1 Å². The van der Waals surface area contributed by atoms with E-state index >= 15 is 0 Å². The van der Waals surface area contributed by atoms with Gasteiger partial charge in [0.25, 0.3) is 0 Å². The van der Waals surface area contributed by atoms with Crippen LogP contribution in [-0.2, 0) is 26.2 Å². The van der Waals surface area contributed by atoms with Gasteiger partial charge in [-0.2, -0.15) is 0 Å². The third-order valence-electron chi connectivity index (χ3n) is 5.82. The minimum Gasteiger partial charge on any atom is -0.497 e. The molecule has 0 aliphatic heterocycles. The second kappa shape index (κ2) is 13.5. The van der Waals surface area contributed by atoms with E-state index in [-0.39, 0.29) is 37.7 Å². The maximum absolute atomic E-state index is 13.3. The summed E-state index contributed by atoms with van der Waals surface area (Å²) in [7, 11) is -2.02. The predicted octanol–water partition coefficient (Wildman–Crippen LogP) is 4.15. The molecular weight excluding hydrogens is 502 g/mol.